The maximum absolute atomic E-state index is 13.8. The van der Waals surface area contributed by atoms with E-state index in [1.807, 2.05) is 27.7 Å². The Bertz CT molecular complexity index is 567. The van der Waals surface area contributed by atoms with Gasteiger partial charge in [0.1, 0.15) is 11.5 Å². The molecule has 1 atom stereocenters. The van der Waals surface area contributed by atoms with Crippen LogP contribution in [0, 0.1) is 21.3 Å². The van der Waals surface area contributed by atoms with Gasteiger partial charge in [-0.05, 0) is 18.4 Å². The number of halogens is 1. The van der Waals surface area contributed by atoms with Crippen LogP contribution in [0.3, 0.4) is 0 Å². The lowest BCUT2D eigenvalue weighted by Crippen LogP contribution is -2.31. The van der Waals surface area contributed by atoms with Crippen molar-refractivity contribution in [1.29, 1.82) is 0 Å². The zero-order valence-electron chi connectivity index (χ0n) is 12.7. The molecule has 1 aromatic carbocycles. The van der Waals surface area contributed by atoms with Crippen LogP contribution in [0.2, 0.25) is 0 Å². The molecule has 116 valence electrons. The smallest absolute Gasteiger partial charge is 0.340 e. The fourth-order valence-electron chi connectivity index (χ4n) is 1.55. The van der Waals surface area contributed by atoms with Gasteiger partial charge in [-0.15, -0.1) is 0 Å². The summed E-state index contributed by atoms with van der Waals surface area (Å²) >= 11 is 0. The van der Waals surface area contributed by atoms with E-state index in [9.17, 15) is 19.3 Å². The molecule has 7 heteroatoms. The molecule has 0 heterocycles. The summed E-state index contributed by atoms with van der Waals surface area (Å²) < 4.78 is 18.2. The number of nitro groups is 1. The van der Waals surface area contributed by atoms with Gasteiger partial charge in [0.15, 0.2) is 0 Å². The number of methoxy groups -OCH3 is 1. The van der Waals surface area contributed by atoms with Crippen LogP contribution in [0.25, 0.3) is 0 Å². The van der Waals surface area contributed by atoms with Gasteiger partial charge in [0, 0.05) is 6.04 Å². The van der Waals surface area contributed by atoms with Gasteiger partial charge in [-0.3, -0.25) is 10.1 Å². The summed E-state index contributed by atoms with van der Waals surface area (Å²) in [4.78, 5) is 21.8. The second-order valence-corrected chi connectivity index (χ2v) is 5.83. The lowest BCUT2D eigenvalue weighted by Gasteiger charge is -2.29. The minimum Gasteiger partial charge on any atom is -0.465 e. The molecule has 0 spiro atoms. The van der Waals surface area contributed by atoms with E-state index in [1.165, 1.54) is 0 Å². The molecule has 0 saturated carbocycles. The maximum Gasteiger partial charge on any atom is 0.340 e. The molecular formula is C14H19FN2O4. The van der Waals surface area contributed by atoms with Gasteiger partial charge in [0.2, 0.25) is 0 Å². The molecule has 21 heavy (non-hydrogen) atoms. The van der Waals surface area contributed by atoms with Crippen molar-refractivity contribution in [1.82, 2.24) is 0 Å². The summed E-state index contributed by atoms with van der Waals surface area (Å²) in [5, 5.41) is 14.0. The number of nitrogens with one attached hydrogen (secondary N) is 1. The molecule has 0 amide bonds. The van der Waals surface area contributed by atoms with Crippen molar-refractivity contribution in [2.75, 3.05) is 12.4 Å². The summed E-state index contributed by atoms with van der Waals surface area (Å²) in [6, 6.07) is 1.71. The summed E-state index contributed by atoms with van der Waals surface area (Å²) in [6.07, 6.45) is 0. The third-order valence-electron chi connectivity index (χ3n) is 3.36. The van der Waals surface area contributed by atoms with E-state index < -0.39 is 22.4 Å². The number of hydrogen-bond acceptors (Lipinski definition) is 5. The molecular weight excluding hydrogens is 279 g/mol. The first-order valence-electron chi connectivity index (χ1n) is 6.40. The molecule has 1 N–H and O–H groups in total. The van der Waals surface area contributed by atoms with Crippen molar-refractivity contribution in [3.63, 3.8) is 0 Å². The number of carbonyl (C=O) groups is 1. The van der Waals surface area contributed by atoms with Crippen LogP contribution in [-0.4, -0.2) is 24.0 Å². The molecule has 0 saturated heterocycles. The van der Waals surface area contributed by atoms with Gasteiger partial charge >= 0.3 is 5.97 Å². The van der Waals surface area contributed by atoms with Crippen molar-refractivity contribution in [3.05, 3.63) is 33.6 Å². The first-order chi connectivity index (χ1) is 9.57. The SMILES string of the molecule is COC(=O)c1cc(NC(C)C(C)(C)C)c([N+](=O)[O-])cc1F. The third kappa shape index (κ3) is 3.90. The minimum absolute atomic E-state index is 0.0872. The monoisotopic (exact) mass is 298 g/mol. The zero-order valence-corrected chi connectivity index (χ0v) is 12.7. The van der Waals surface area contributed by atoms with Crippen LogP contribution in [0.5, 0.6) is 0 Å². The maximum atomic E-state index is 13.8. The average Bonchev–Trinajstić information content (AvgIpc) is 2.37. The molecule has 6 nitrogen and oxygen atoms in total. The highest BCUT2D eigenvalue weighted by Crippen LogP contribution is 2.31. The number of nitro benzene ring substituents is 1. The number of ether oxygens (including phenoxy) is 1. The molecule has 0 aliphatic carbocycles. The van der Waals surface area contributed by atoms with Gasteiger partial charge in [-0.1, -0.05) is 20.8 Å². The molecule has 0 aliphatic rings. The Kier molecular flexibility index (Phi) is 4.88. The van der Waals surface area contributed by atoms with E-state index in [1.54, 1.807) is 0 Å². The van der Waals surface area contributed by atoms with Crippen LogP contribution in [0.15, 0.2) is 12.1 Å². The van der Waals surface area contributed by atoms with Crippen molar-refractivity contribution in [2.24, 2.45) is 5.41 Å². The van der Waals surface area contributed by atoms with E-state index in [0.29, 0.717) is 0 Å². The van der Waals surface area contributed by atoms with E-state index in [2.05, 4.69) is 10.1 Å². The lowest BCUT2D eigenvalue weighted by atomic mass is 9.88. The predicted molar refractivity (Wildman–Crippen MR) is 76.9 cm³/mol. The number of hydrogen-bond donors (Lipinski definition) is 1. The van der Waals surface area contributed by atoms with Crippen LogP contribution in [-0.2, 0) is 4.74 Å². The second-order valence-electron chi connectivity index (χ2n) is 5.83. The van der Waals surface area contributed by atoms with Crippen molar-refractivity contribution in [3.8, 4) is 0 Å². The summed E-state index contributed by atoms with van der Waals surface area (Å²) in [6.45, 7) is 7.73. The quantitative estimate of drug-likeness (QED) is 0.523. The Morgan fingerprint density at radius 1 is 1.43 bits per heavy atom. The van der Waals surface area contributed by atoms with Crippen LogP contribution in [0.4, 0.5) is 15.8 Å². The Hall–Kier alpha value is -2.18. The minimum atomic E-state index is -0.984. The largest absolute Gasteiger partial charge is 0.465 e. The Morgan fingerprint density at radius 2 is 2.00 bits per heavy atom. The van der Waals surface area contributed by atoms with Crippen LogP contribution in [0.1, 0.15) is 38.1 Å². The highest BCUT2D eigenvalue weighted by Gasteiger charge is 2.26. The van der Waals surface area contributed by atoms with E-state index in [-0.39, 0.29) is 22.7 Å². The number of anilines is 1. The number of nitrogens with zero attached hydrogens (tertiary/aromatic N) is 1. The summed E-state index contributed by atoms with van der Waals surface area (Å²) in [5.74, 6) is -1.86. The first kappa shape index (κ1) is 16.9. The van der Waals surface area contributed by atoms with Gasteiger partial charge in [-0.25, -0.2) is 9.18 Å². The van der Waals surface area contributed by atoms with Gasteiger partial charge in [0.25, 0.3) is 5.69 Å². The zero-order chi connectivity index (χ0) is 16.4. The highest BCUT2D eigenvalue weighted by molar-refractivity contribution is 5.92. The Balaban J connectivity index is 3.33. The standard InChI is InChI=1S/C14H19FN2O4/c1-8(14(2,3)4)16-11-6-9(13(18)21-5)10(15)7-12(11)17(19)20/h6-8,16H,1-5H3. The second kappa shape index (κ2) is 6.07. The normalized spacial score (nSPS) is 12.7. The molecule has 1 rings (SSSR count). The Morgan fingerprint density at radius 3 is 2.43 bits per heavy atom. The van der Waals surface area contributed by atoms with Gasteiger partial charge in [0.05, 0.1) is 23.7 Å². The summed E-state index contributed by atoms with van der Waals surface area (Å²) in [7, 11) is 1.12. The molecule has 0 bridgehead atoms. The first-order valence-corrected chi connectivity index (χ1v) is 6.40. The van der Waals surface area contributed by atoms with E-state index in [4.69, 9.17) is 0 Å². The number of esters is 1. The van der Waals surface area contributed by atoms with E-state index in [0.717, 1.165) is 19.2 Å². The third-order valence-corrected chi connectivity index (χ3v) is 3.36. The molecule has 1 unspecified atom stereocenters. The van der Waals surface area contributed by atoms with Crippen LogP contribution >= 0.6 is 0 Å². The fraction of sp³-hybridized carbons (Fsp3) is 0.500. The molecule has 0 aliphatic heterocycles. The molecule has 0 radical (unpaired) electrons. The number of benzene rings is 1. The van der Waals surface area contributed by atoms with Crippen molar-refractivity contribution < 1.29 is 18.8 Å². The number of rotatable bonds is 4. The number of carbonyl (C=O) groups excluding carboxylic acids is 1. The highest BCUT2D eigenvalue weighted by atomic mass is 19.1. The lowest BCUT2D eigenvalue weighted by molar-refractivity contribution is -0.384. The van der Waals surface area contributed by atoms with Gasteiger partial charge < -0.3 is 10.1 Å². The van der Waals surface area contributed by atoms with E-state index >= 15 is 0 Å². The average molecular weight is 298 g/mol. The molecule has 0 fully saturated rings. The van der Waals surface area contributed by atoms with Crippen molar-refractivity contribution >= 4 is 17.3 Å². The Labute approximate surface area is 122 Å². The van der Waals surface area contributed by atoms with Gasteiger partial charge in [-0.2, -0.15) is 0 Å². The van der Waals surface area contributed by atoms with Crippen molar-refractivity contribution in [2.45, 2.75) is 33.7 Å². The molecule has 0 aromatic heterocycles. The fourth-order valence-corrected chi connectivity index (χ4v) is 1.55. The topological polar surface area (TPSA) is 81.5 Å². The predicted octanol–water partition coefficient (Wildman–Crippen LogP) is 3.37. The van der Waals surface area contributed by atoms with Crippen LogP contribution < -0.4 is 5.32 Å². The summed E-state index contributed by atoms with van der Waals surface area (Å²) in [5.41, 5.74) is -0.847. The molecule has 1 aromatic rings.